The maximum absolute atomic E-state index is 13.5. The number of hydrogen-bond acceptors (Lipinski definition) is 10. The van der Waals surface area contributed by atoms with Gasteiger partial charge in [-0.1, -0.05) is 52.0 Å². The molecule has 0 radical (unpaired) electrons. The SMILES string of the molecule is COC(=O)N[C@H](C(=O)NCC/C=C/c1nc2ccc(C3=CC4SC(c5cnc([C@@H]6CCCN6C(=O)[C@@H](NC(=O)OC)C(C)C)[nH]5)=CC4S3)cc2[nH]1)C(C)C. The van der Waals surface area contributed by atoms with E-state index in [2.05, 4.69) is 54.9 Å². The third-order valence-corrected chi connectivity index (χ3v) is 12.5. The van der Waals surface area contributed by atoms with Crippen molar-refractivity contribution < 1.29 is 28.7 Å². The highest BCUT2D eigenvalue weighted by Crippen LogP contribution is 2.53. The van der Waals surface area contributed by atoms with Crippen LogP contribution < -0.4 is 16.0 Å². The van der Waals surface area contributed by atoms with Gasteiger partial charge in [0, 0.05) is 33.4 Å². The molecule has 1 saturated heterocycles. The van der Waals surface area contributed by atoms with Crippen LogP contribution in [0.25, 0.3) is 26.9 Å². The summed E-state index contributed by atoms with van der Waals surface area (Å²) in [6.45, 7) is 8.57. The Kier molecular flexibility index (Phi) is 12.4. The molecule has 14 nitrogen and oxygen atoms in total. The highest BCUT2D eigenvalue weighted by molar-refractivity contribution is 8.14. The highest BCUT2D eigenvalue weighted by Gasteiger charge is 2.39. The Labute approximate surface area is 323 Å². The van der Waals surface area contributed by atoms with E-state index < -0.39 is 24.3 Å². The summed E-state index contributed by atoms with van der Waals surface area (Å²) in [6, 6.07) is 4.75. The van der Waals surface area contributed by atoms with E-state index in [0.29, 0.717) is 19.5 Å². The number of imidazole rings is 2. The average molecular weight is 777 g/mol. The molecule has 5 heterocycles. The normalized spacial score (nSPS) is 20.6. The second-order valence-corrected chi connectivity index (χ2v) is 16.6. The molecule has 5 atom stereocenters. The number of ether oxygens (including phenoxy) is 2. The molecule has 288 valence electrons. The summed E-state index contributed by atoms with van der Waals surface area (Å²) >= 11 is 3.66. The Morgan fingerprint density at radius 3 is 2.35 bits per heavy atom. The first kappa shape index (κ1) is 39.0. The second-order valence-electron chi connectivity index (χ2n) is 14.1. The first-order valence-corrected chi connectivity index (χ1v) is 20.0. The molecule has 0 aliphatic carbocycles. The molecule has 1 aromatic carbocycles. The van der Waals surface area contributed by atoms with Crippen molar-refractivity contribution in [1.29, 1.82) is 0 Å². The van der Waals surface area contributed by atoms with Crippen LogP contribution in [0.1, 0.15) is 75.9 Å². The lowest BCUT2D eigenvalue weighted by molar-refractivity contribution is -0.135. The lowest BCUT2D eigenvalue weighted by Gasteiger charge is -2.30. The third-order valence-electron chi connectivity index (χ3n) is 9.66. The fourth-order valence-electron chi connectivity index (χ4n) is 6.77. The van der Waals surface area contributed by atoms with Gasteiger partial charge >= 0.3 is 12.2 Å². The van der Waals surface area contributed by atoms with E-state index in [1.54, 1.807) is 0 Å². The molecule has 0 spiro atoms. The van der Waals surface area contributed by atoms with Crippen LogP contribution >= 0.6 is 23.5 Å². The Bertz CT molecular complexity index is 1970. The number of benzene rings is 1. The number of carbonyl (C=O) groups is 4. The van der Waals surface area contributed by atoms with E-state index >= 15 is 0 Å². The fourth-order valence-corrected chi connectivity index (χ4v) is 9.64. The predicted molar refractivity (Wildman–Crippen MR) is 212 cm³/mol. The number of nitrogens with one attached hydrogen (secondary N) is 5. The van der Waals surface area contributed by atoms with E-state index in [-0.39, 0.29) is 40.2 Å². The molecule has 5 N–H and O–H groups in total. The van der Waals surface area contributed by atoms with Crippen LogP contribution in [-0.4, -0.2) is 98.7 Å². The molecule has 16 heteroatoms. The van der Waals surface area contributed by atoms with Crippen molar-refractivity contribution in [3.63, 3.8) is 0 Å². The van der Waals surface area contributed by atoms with Crippen LogP contribution in [-0.2, 0) is 19.1 Å². The van der Waals surface area contributed by atoms with Crippen molar-refractivity contribution in [2.24, 2.45) is 11.8 Å². The zero-order chi connectivity index (χ0) is 38.5. The first-order valence-electron chi connectivity index (χ1n) is 18.2. The van der Waals surface area contributed by atoms with Crippen molar-refractivity contribution >= 4 is 74.4 Å². The first-order chi connectivity index (χ1) is 25.9. The number of carbonyl (C=O) groups excluding carboxylic acids is 4. The minimum absolute atomic E-state index is 0.0835. The highest BCUT2D eigenvalue weighted by atomic mass is 32.2. The van der Waals surface area contributed by atoms with Crippen LogP contribution in [0.2, 0.25) is 0 Å². The number of rotatable bonds is 13. The molecular weight excluding hydrogens is 729 g/mol. The quantitative estimate of drug-likeness (QED) is 0.132. The number of thioether (sulfide) groups is 2. The summed E-state index contributed by atoms with van der Waals surface area (Å²) in [5, 5.41) is 8.72. The number of methoxy groups -OCH3 is 2. The average Bonchev–Trinajstić information content (AvgIpc) is 3.98. The van der Waals surface area contributed by atoms with E-state index in [9.17, 15) is 19.2 Å². The van der Waals surface area contributed by atoms with Crippen molar-refractivity contribution in [2.45, 2.75) is 75.6 Å². The van der Waals surface area contributed by atoms with Crippen molar-refractivity contribution in [3.8, 4) is 0 Å². The Morgan fingerprint density at radius 2 is 1.65 bits per heavy atom. The van der Waals surface area contributed by atoms with Gasteiger partial charge in [-0.05, 0) is 54.9 Å². The number of aromatic nitrogens is 4. The number of amides is 4. The second kappa shape index (κ2) is 17.2. The number of H-pyrrole nitrogens is 2. The minimum atomic E-state index is -0.674. The van der Waals surface area contributed by atoms with Gasteiger partial charge in [-0.3, -0.25) is 9.59 Å². The Balaban J connectivity index is 1.03. The zero-order valence-corrected chi connectivity index (χ0v) is 32.9. The van der Waals surface area contributed by atoms with Gasteiger partial charge in [0.1, 0.15) is 23.7 Å². The third kappa shape index (κ3) is 8.81. The van der Waals surface area contributed by atoms with E-state index in [1.807, 2.05) is 80.5 Å². The lowest BCUT2D eigenvalue weighted by atomic mass is 10.0. The van der Waals surface area contributed by atoms with Crippen LogP contribution in [0, 0.1) is 11.8 Å². The Morgan fingerprint density at radius 1 is 0.963 bits per heavy atom. The Hall–Kier alpha value is -4.70. The molecule has 4 amide bonds. The van der Waals surface area contributed by atoms with Gasteiger partial charge in [0.15, 0.2) is 0 Å². The van der Waals surface area contributed by atoms with Gasteiger partial charge in [-0.2, -0.15) is 0 Å². The standard InChI is InChI=1S/C38H48N8O6S2/c1-20(2)32(44-37(49)51-5)35(47)39-14-8-7-11-31-41-23-13-12-22(16-24(23)42-31)27-17-29-30(53-27)18-28(54-29)25-19-40-34(43-25)26-10-9-15-46(26)36(48)33(21(3)4)45-38(50)52-6/h7,11-13,16-21,26,29-30,32-33H,8-10,14-15H2,1-6H3,(H,39,47)(H,40,43)(H,41,42)(H,44,49)(H,45,50)/b11-7+/t26-,29?,30?,32-,33-/m0/s1. The van der Waals surface area contributed by atoms with Crippen LogP contribution in [0.3, 0.4) is 0 Å². The minimum Gasteiger partial charge on any atom is -0.453 e. The molecule has 3 aliphatic heterocycles. The molecule has 1 fully saturated rings. The zero-order valence-electron chi connectivity index (χ0n) is 31.3. The summed E-state index contributed by atoms with van der Waals surface area (Å²) in [5.41, 5.74) is 3.90. The fraction of sp³-hybridized carbons (Fsp3) is 0.474. The molecule has 54 heavy (non-hydrogen) atoms. The number of nitrogens with zero attached hydrogens (tertiary/aromatic N) is 3. The van der Waals surface area contributed by atoms with Crippen LogP contribution in [0.15, 0.2) is 42.6 Å². The number of fused-ring (bicyclic) bond motifs is 2. The monoisotopic (exact) mass is 776 g/mol. The van der Waals surface area contributed by atoms with Gasteiger partial charge in [-0.15, -0.1) is 23.5 Å². The van der Waals surface area contributed by atoms with Gasteiger partial charge in [0.2, 0.25) is 11.8 Å². The van der Waals surface area contributed by atoms with Crippen LogP contribution in [0.5, 0.6) is 0 Å². The topological polar surface area (TPSA) is 183 Å². The van der Waals surface area contributed by atoms with Gasteiger partial charge < -0.3 is 40.3 Å². The predicted octanol–water partition coefficient (Wildman–Crippen LogP) is 5.84. The van der Waals surface area contributed by atoms with Crippen molar-refractivity contribution in [1.82, 2.24) is 40.8 Å². The smallest absolute Gasteiger partial charge is 0.407 e. The largest absolute Gasteiger partial charge is 0.453 e. The molecule has 0 bridgehead atoms. The van der Waals surface area contributed by atoms with Gasteiger partial charge in [0.05, 0.1) is 43.2 Å². The molecule has 0 saturated carbocycles. The van der Waals surface area contributed by atoms with E-state index in [1.165, 1.54) is 19.1 Å². The summed E-state index contributed by atoms with van der Waals surface area (Å²) in [4.78, 5) is 70.1. The molecule has 2 aromatic heterocycles. The molecule has 3 aromatic rings. The van der Waals surface area contributed by atoms with Gasteiger partial charge in [-0.25, -0.2) is 19.6 Å². The van der Waals surface area contributed by atoms with E-state index in [4.69, 9.17) is 14.7 Å². The van der Waals surface area contributed by atoms with Crippen LogP contribution in [0.4, 0.5) is 9.59 Å². The molecule has 2 unspecified atom stereocenters. The number of likely N-dealkylation sites (tertiary alicyclic amines) is 1. The number of aromatic amines is 2. The number of alkyl carbamates (subject to hydrolysis) is 2. The lowest BCUT2D eigenvalue weighted by Crippen LogP contribution is -2.51. The summed E-state index contributed by atoms with van der Waals surface area (Å²) in [6.07, 6.45) is 11.4. The summed E-state index contributed by atoms with van der Waals surface area (Å²) < 4.78 is 9.39. The van der Waals surface area contributed by atoms with E-state index in [0.717, 1.165) is 51.7 Å². The van der Waals surface area contributed by atoms with Crippen molar-refractivity contribution in [2.75, 3.05) is 27.3 Å². The maximum atomic E-state index is 13.5. The summed E-state index contributed by atoms with van der Waals surface area (Å²) in [5.74, 6) is 0.940. The maximum Gasteiger partial charge on any atom is 0.407 e. The van der Waals surface area contributed by atoms with Crippen molar-refractivity contribution in [3.05, 3.63) is 65.5 Å². The molecule has 3 aliphatic rings. The number of hydrogen-bond donors (Lipinski definition) is 5. The van der Waals surface area contributed by atoms with Gasteiger partial charge in [0.25, 0.3) is 0 Å². The molecule has 6 rings (SSSR count). The summed E-state index contributed by atoms with van der Waals surface area (Å²) in [7, 11) is 2.56. The molecular formula is C38H48N8O6S2.